The normalized spacial score (nSPS) is 16.0. The second-order valence-corrected chi connectivity index (χ2v) is 7.46. The molecule has 7 heteroatoms. The highest BCUT2D eigenvalue weighted by molar-refractivity contribution is 5.67. The van der Waals surface area contributed by atoms with Crippen LogP contribution in [0.1, 0.15) is 49.4 Å². The van der Waals surface area contributed by atoms with Crippen molar-refractivity contribution in [2.75, 3.05) is 13.1 Å². The van der Waals surface area contributed by atoms with E-state index in [9.17, 15) is 0 Å². The third-order valence-corrected chi connectivity index (χ3v) is 5.20. The van der Waals surface area contributed by atoms with Crippen molar-refractivity contribution in [2.45, 2.75) is 52.1 Å². The van der Waals surface area contributed by atoms with Crippen molar-refractivity contribution in [3.63, 3.8) is 0 Å². The molecule has 0 unspecified atom stereocenters. The number of piperidine rings is 1. The summed E-state index contributed by atoms with van der Waals surface area (Å²) in [6.45, 7) is 9.54. The Bertz CT molecular complexity index is 887. The number of nitrogens with zero attached hydrogens (tertiary/aromatic N) is 4. The van der Waals surface area contributed by atoms with Gasteiger partial charge in [-0.3, -0.25) is 5.10 Å². The molecule has 7 nitrogen and oxygen atoms in total. The second-order valence-electron chi connectivity index (χ2n) is 7.46. The van der Waals surface area contributed by atoms with Crippen LogP contribution in [-0.4, -0.2) is 43.9 Å². The highest BCUT2D eigenvalue weighted by Gasteiger charge is 2.20. The summed E-state index contributed by atoms with van der Waals surface area (Å²) >= 11 is 0. The van der Waals surface area contributed by atoms with Gasteiger partial charge in [-0.05, 0) is 50.4 Å². The number of H-pyrrole nitrogens is 1. The first-order valence-electron chi connectivity index (χ1n) is 9.45. The third kappa shape index (κ3) is 3.24. The first-order chi connectivity index (χ1) is 12.6. The Morgan fingerprint density at radius 1 is 1.31 bits per heavy atom. The minimum atomic E-state index is 0.389. The van der Waals surface area contributed by atoms with Gasteiger partial charge in [0.05, 0.1) is 11.4 Å². The minimum absolute atomic E-state index is 0.389. The fourth-order valence-corrected chi connectivity index (χ4v) is 3.86. The van der Waals surface area contributed by atoms with E-state index in [1.165, 1.54) is 24.1 Å². The van der Waals surface area contributed by atoms with Gasteiger partial charge in [-0.1, -0.05) is 13.8 Å². The van der Waals surface area contributed by atoms with E-state index in [1.54, 1.807) is 6.33 Å². The van der Waals surface area contributed by atoms with Crippen LogP contribution in [0.2, 0.25) is 0 Å². The summed E-state index contributed by atoms with van der Waals surface area (Å²) in [5, 5.41) is 19.3. The monoisotopic (exact) mass is 353 g/mol. The molecule has 138 valence electrons. The lowest BCUT2D eigenvalue weighted by molar-refractivity contribution is 0.384. The average molecular weight is 353 g/mol. The minimum Gasteiger partial charge on any atom is -0.317 e. The molecular weight excluding hydrogens is 326 g/mol. The Hall–Kier alpha value is -2.25. The molecule has 0 bridgehead atoms. The lowest BCUT2D eigenvalue weighted by Crippen LogP contribution is -2.39. The van der Waals surface area contributed by atoms with E-state index in [4.69, 9.17) is 0 Å². The fourth-order valence-electron chi connectivity index (χ4n) is 3.86. The van der Waals surface area contributed by atoms with Crippen molar-refractivity contribution in [2.24, 2.45) is 0 Å². The Balaban J connectivity index is 1.64. The molecule has 3 N–H and O–H groups in total. The number of nitrogens with one attached hydrogen (secondary N) is 3. The summed E-state index contributed by atoms with van der Waals surface area (Å²) in [5.74, 6) is 0.389. The molecule has 4 rings (SSSR count). The SMILES string of the molecule is Cc1cc(-c2n[nH]c(CNC3CCNCC3)c2C(C)C)cn2ncnc12. The largest absolute Gasteiger partial charge is 0.317 e. The van der Waals surface area contributed by atoms with Gasteiger partial charge in [-0.2, -0.15) is 10.2 Å². The summed E-state index contributed by atoms with van der Waals surface area (Å²) in [7, 11) is 0. The third-order valence-electron chi connectivity index (χ3n) is 5.20. The van der Waals surface area contributed by atoms with Crippen LogP contribution in [-0.2, 0) is 6.54 Å². The van der Waals surface area contributed by atoms with Crippen LogP contribution in [0.25, 0.3) is 16.9 Å². The standard InChI is InChI=1S/C19H27N7/c1-12(2)17-16(9-21-15-4-6-20-7-5-15)24-25-18(17)14-8-13(3)19-22-11-23-26(19)10-14/h8,10-12,15,20-21H,4-7,9H2,1-3H3,(H,24,25). The summed E-state index contributed by atoms with van der Waals surface area (Å²) in [4.78, 5) is 4.31. The van der Waals surface area contributed by atoms with E-state index >= 15 is 0 Å². The summed E-state index contributed by atoms with van der Waals surface area (Å²) in [6.07, 6.45) is 5.97. The lowest BCUT2D eigenvalue weighted by atomic mass is 9.96. The van der Waals surface area contributed by atoms with Gasteiger partial charge in [0, 0.05) is 29.9 Å². The summed E-state index contributed by atoms with van der Waals surface area (Å²) < 4.78 is 1.83. The molecule has 0 atom stereocenters. The second kappa shape index (κ2) is 7.17. The molecule has 0 spiro atoms. The Morgan fingerprint density at radius 2 is 2.12 bits per heavy atom. The van der Waals surface area contributed by atoms with Gasteiger partial charge in [0.15, 0.2) is 5.65 Å². The summed E-state index contributed by atoms with van der Waals surface area (Å²) in [5.41, 5.74) is 6.56. The molecular formula is C19H27N7. The van der Waals surface area contributed by atoms with Crippen LogP contribution in [0, 0.1) is 6.92 Å². The maximum Gasteiger partial charge on any atom is 0.158 e. The smallest absolute Gasteiger partial charge is 0.158 e. The number of hydrogen-bond donors (Lipinski definition) is 3. The topological polar surface area (TPSA) is 82.9 Å². The molecule has 1 saturated heterocycles. The maximum absolute atomic E-state index is 4.66. The lowest BCUT2D eigenvalue weighted by Gasteiger charge is -2.24. The Morgan fingerprint density at radius 3 is 2.88 bits per heavy atom. The van der Waals surface area contributed by atoms with Crippen LogP contribution in [0.3, 0.4) is 0 Å². The first-order valence-corrected chi connectivity index (χ1v) is 9.45. The quantitative estimate of drug-likeness (QED) is 0.656. The molecule has 0 aromatic carbocycles. The first kappa shape index (κ1) is 17.2. The zero-order valence-electron chi connectivity index (χ0n) is 15.7. The van der Waals surface area contributed by atoms with Gasteiger partial charge >= 0.3 is 0 Å². The predicted molar refractivity (Wildman–Crippen MR) is 102 cm³/mol. The molecule has 3 aromatic heterocycles. The van der Waals surface area contributed by atoms with E-state index in [-0.39, 0.29) is 0 Å². The summed E-state index contributed by atoms with van der Waals surface area (Å²) in [6, 6.07) is 2.73. The number of hydrogen-bond acceptors (Lipinski definition) is 5. The van der Waals surface area contributed by atoms with E-state index in [0.29, 0.717) is 12.0 Å². The molecule has 26 heavy (non-hydrogen) atoms. The van der Waals surface area contributed by atoms with Gasteiger partial charge in [-0.25, -0.2) is 9.50 Å². The van der Waals surface area contributed by atoms with E-state index < -0.39 is 0 Å². The molecule has 1 aliphatic rings. The molecule has 0 saturated carbocycles. The van der Waals surface area contributed by atoms with Crippen LogP contribution >= 0.6 is 0 Å². The van der Waals surface area contributed by atoms with Crippen molar-refractivity contribution in [1.29, 1.82) is 0 Å². The van der Waals surface area contributed by atoms with E-state index in [2.05, 4.69) is 57.8 Å². The fraction of sp³-hybridized carbons (Fsp3) is 0.526. The molecule has 1 aliphatic heterocycles. The van der Waals surface area contributed by atoms with Crippen LogP contribution in [0.5, 0.6) is 0 Å². The van der Waals surface area contributed by atoms with Crippen molar-refractivity contribution < 1.29 is 0 Å². The van der Waals surface area contributed by atoms with Crippen molar-refractivity contribution in [1.82, 2.24) is 35.4 Å². The van der Waals surface area contributed by atoms with E-state index in [0.717, 1.165) is 42.1 Å². The van der Waals surface area contributed by atoms with Gasteiger partial charge in [0.25, 0.3) is 0 Å². The van der Waals surface area contributed by atoms with Crippen LogP contribution in [0.15, 0.2) is 18.6 Å². The number of rotatable bonds is 5. The molecule has 0 amide bonds. The highest BCUT2D eigenvalue weighted by atomic mass is 15.3. The van der Waals surface area contributed by atoms with Crippen molar-refractivity contribution in [3.05, 3.63) is 35.4 Å². The zero-order chi connectivity index (χ0) is 18.1. The van der Waals surface area contributed by atoms with E-state index in [1.807, 2.05) is 10.7 Å². The van der Waals surface area contributed by atoms with Crippen molar-refractivity contribution >= 4 is 5.65 Å². The molecule has 0 aliphatic carbocycles. The Kier molecular flexibility index (Phi) is 4.74. The zero-order valence-corrected chi connectivity index (χ0v) is 15.7. The molecule has 4 heterocycles. The molecule has 1 fully saturated rings. The average Bonchev–Trinajstić information content (AvgIpc) is 3.27. The number of pyridine rings is 1. The van der Waals surface area contributed by atoms with Gasteiger partial charge in [0.1, 0.15) is 6.33 Å². The van der Waals surface area contributed by atoms with Crippen LogP contribution in [0.4, 0.5) is 0 Å². The molecule has 0 radical (unpaired) electrons. The predicted octanol–water partition coefficient (Wildman–Crippen LogP) is 2.39. The van der Waals surface area contributed by atoms with Gasteiger partial charge in [0.2, 0.25) is 0 Å². The van der Waals surface area contributed by atoms with Crippen LogP contribution < -0.4 is 10.6 Å². The highest BCUT2D eigenvalue weighted by Crippen LogP contribution is 2.31. The number of aromatic nitrogens is 5. The van der Waals surface area contributed by atoms with Gasteiger partial charge in [-0.15, -0.1) is 0 Å². The number of aromatic amines is 1. The Labute approximate surface area is 153 Å². The molecule has 3 aromatic rings. The van der Waals surface area contributed by atoms with Crippen molar-refractivity contribution in [3.8, 4) is 11.3 Å². The maximum atomic E-state index is 4.66. The number of fused-ring (bicyclic) bond motifs is 1. The number of aryl methyl sites for hydroxylation is 1. The van der Waals surface area contributed by atoms with Gasteiger partial charge < -0.3 is 10.6 Å².